The van der Waals surface area contributed by atoms with Gasteiger partial charge in [-0.1, -0.05) is 13.8 Å². The largest absolute Gasteiger partial charge is 0.379 e. The molecule has 3 heterocycles. The highest BCUT2D eigenvalue weighted by atomic mass is 32.2. The number of rotatable bonds is 5. The maximum absolute atomic E-state index is 12.7. The first-order valence-electron chi connectivity index (χ1n) is 9.52. The Bertz CT molecular complexity index is 767. The first-order valence-corrected chi connectivity index (χ1v) is 11.8. The van der Waals surface area contributed by atoms with E-state index in [9.17, 15) is 8.42 Å². The molecule has 0 spiro atoms. The number of thiophene rings is 1. The number of aliphatic imine (C=N–C) groups is 1. The Morgan fingerprint density at radius 1 is 1.30 bits per heavy atom. The lowest BCUT2D eigenvalue weighted by molar-refractivity contribution is 0.0731. The van der Waals surface area contributed by atoms with Crippen LogP contribution in [-0.4, -0.2) is 69.5 Å². The van der Waals surface area contributed by atoms with Crippen LogP contribution in [-0.2, 0) is 21.3 Å². The van der Waals surface area contributed by atoms with Crippen LogP contribution in [0, 0.1) is 5.41 Å². The second-order valence-corrected chi connectivity index (χ2v) is 11.1. The number of nitrogens with one attached hydrogen (secondary N) is 1. The molecule has 2 saturated heterocycles. The third-order valence-electron chi connectivity index (χ3n) is 4.90. The molecule has 7 nitrogen and oxygen atoms in total. The quantitative estimate of drug-likeness (QED) is 0.589. The van der Waals surface area contributed by atoms with Gasteiger partial charge in [-0.05, 0) is 30.9 Å². The van der Waals surface area contributed by atoms with Crippen LogP contribution in [0.25, 0.3) is 0 Å². The van der Waals surface area contributed by atoms with Crippen molar-refractivity contribution in [3.63, 3.8) is 0 Å². The minimum absolute atomic E-state index is 0.304. The van der Waals surface area contributed by atoms with Crippen LogP contribution in [0.4, 0.5) is 0 Å². The van der Waals surface area contributed by atoms with Crippen LogP contribution in [0.1, 0.15) is 32.1 Å². The molecule has 0 amide bonds. The number of morpholine rings is 1. The van der Waals surface area contributed by atoms with Crippen molar-refractivity contribution in [3.8, 4) is 0 Å². The van der Waals surface area contributed by atoms with Crippen LogP contribution in [0.3, 0.4) is 0 Å². The maximum atomic E-state index is 12.7. The molecule has 1 aromatic heterocycles. The number of guanidine groups is 1. The van der Waals surface area contributed by atoms with Crippen molar-refractivity contribution < 1.29 is 13.2 Å². The Hall–Kier alpha value is -1.16. The van der Waals surface area contributed by atoms with Gasteiger partial charge < -0.3 is 15.0 Å². The molecular weight excluding hydrogens is 384 g/mol. The van der Waals surface area contributed by atoms with Gasteiger partial charge in [0.05, 0.1) is 19.8 Å². The number of hydrogen-bond donors (Lipinski definition) is 1. The fourth-order valence-electron chi connectivity index (χ4n) is 3.37. The van der Waals surface area contributed by atoms with Crippen LogP contribution < -0.4 is 5.32 Å². The lowest BCUT2D eigenvalue weighted by Crippen LogP contribution is -2.40. The predicted octanol–water partition coefficient (Wildman–Crippen LogP) is 1.97. The topological polar surface area (TPSA) is 74.2 Å². The maximum Gasteiger partial charge on any atom is 0.252 e. The number of hydrogen-bond acceptors (Lipinski definition) is 5. The SMILES string of the molecule is CCNC(=NCc1ccc(S(=O)(=O)N2CCOCC2)s1)N1CCC(C)(C)C1. The normalized spacial score (nSPS) is 21.6. The lowest BCUT2D eigenvalue weighted by Gasteiger charge is -2.25. The van der Waals surface area contributed by atoms with Gasteiger partial charge in [0.25, 0.3) is 10.0 Å². The molecule has 27 heavy (non-hydrogen) atoms. The van der Waals surface area contributed by atoms with Crippen LogP contribution in [0.5, 0.6) is 0 Å². The van der Waals surface area contributed by atoms with E-state index in [1.165, 1.54) is 15.6 Å². The van der Waals surface area contributed by atoms with E-state index < -0.39 is 10.0 Å². The van der Waals surface area contributed by atoms with Gasteiger partial charge in [0.1, 0.15) is 4.21 Å². The van der Waals surface area contributed by atoms with E-state index in [4.69, 9.17) is 9.73 Å². The van der Waals surface area contributed by atoms with Crippen LogP contribution in [0.15, 0.2) is 21.3 Å². The fraction of sp³-hybridized carbons (Fsp3) is 0.722. The van der Waals surface area contributed by atoms with Crippen molar-refractivity contribution >= 4 is 27.3 Å². The van der Waals surface area contributed by atoms with Crippen molar-refractivity contribution in [1.82, 2.24) is 14.5 Å². The fourth-order valence-corrected chi connectivity index (χ4v) is 6.21. The molecule has 2 aliphatic heterocycles. The van der Waals surface area contributed by atoms with Crippen molar-refractivity contribution in [3.05, 3.63) is 17.0 Å². The molecule has 0 unspecified atom stereocenters. The van der Waals surface area contributed by atoms with E-state index in [2.05, 4.69) is 31.0 Å². The molecule has 9 heteroatoms. The Labute approximate surface area is 166 Å². The predicted molar refractivity (Wildman–Crippen MR) is 109 cm³/mol. The Morgan fingerprint density at radius 2 is 2.04 bits per heavy atom. The van der Waals surface area contributed by atoms with Gasteiger partial charge in [-0.2, -0.15) is 4.31 Å². The van der Waals surface area contributed by atoms with E-state index in [-0.39, 0.29) is 0 Å². The van der Waals surface area contributed by atoms with Crippen molar-refractivity contribution in [2.45, 2.75) is 37.9 Å². The number of ether oxygens (including phenoxy) is 1. The second kappa shape index (κ2) is 8.46. The zero-order chi connectivity index (χ0) is 19.5. The molecular formula is C18H30N4O3S2. The molecule has 2 aliphatic rings. The van der Waals surface area contributed by atoms with Crippen LogP contribution >= 0.6 is 11.3 Å². The highest BCUT2D eigenvalue weighted by molar-refractivity contribution is 7.91. The van der Waals surface area contributed by atoms with E-state index in [1.54, 1.807) is 6.07 Å². The Balaban J connectivity index is 1.69. The Morgan fingerprint density at radius 3 is 2.67 bits per heavy atom. The van der Waals surface area contributed by atoms with Crippen molar-refractivity contribution in [2.75, 3.05) is 45.9 Å². The van der Waals surface area contributed by atoms with Gasteiger partial charge in [-0.3, -0.25) is 0 Å². The molecule has 0 bridgehead atoms. The minimum Gasteiger partial charge on any atom is -0.379 e. The average Bonchev–Trinajstić information content (AvgIpc) is 3.26. The molecule has 1 aromatic rings. The summed E-state index contributed by atoms with van der Waals surface area (Å²) in [6, 6.07) is 3.57. The zero-order valence-corrected chi connectivity index (χ0v) is 18.0. The van der Waals surface area contributed by atoms with E-state index >= 15 is 0 Å². The summed E-state index contributed by atoms with van der Waals surface area (Å²) in [5.74, 6) is 0.911. The second-order valence-electron chi connectivity index (χ2n) is 7.74. The summed E-state index contributed by atoms with van der Waals surface area (Å²) in [6.45, 7) is 11.7. The molecule has 1 N–H and O–H groups in total. The van der Waals surface area contributed by atoms with E-state index in [1.807, 2.05) is 6.07 Å². The summed E-state index contributed by atoms with van der Waals surface area (Å²) in [4.78, 5) is 8.00. The standard InChI is InChI=1S/C18H30N4O3S2/c1-4-19-17(21-8-7-18(2,3)14-21)20-13-15-5-6-16(26-15)27(23,24)22-9-11-25-12-10-22/h5-6H,4,7-14H2,1-3H3,(H,19,20). The van der Waals surface area contributed by atoms with Crippen LogP contribution in [0.2, 0.25) is 0 Å². The highest BCUT2D eigenvalue weighted by Crippen LogP contribution is 2.29. The molecule has 2 fully saturated rings. The van der Waals surface area contributed by atoms with E-state index in [0.29, 0.717) is 42.5 Å². The summed E-state index contributed by atoms with van der Waals surface area (Å²) >= 11 is 1.31. The molecule has 0 saturated carbocycles. The summed E-state index contributed by atoms with van der Waals surface area (Å²) in [5.41, 5.74) is 0.304. The number of likely N-dealkylation sites (tertiary alicyclic amines) is 1. The average molecular weight is 415 g/mol. The van der Waals surface area contributed by atoms with Gasteiger partial charge in [0, 0.05) is 37.6 Å². The Kier molecular flexibility index (Phi) is 6.45. The molecule has 0 atom stereocenters. The monoisotopic (exact) mass is 414 g/mol. The summed E-state index contributed by atoms with van der Waals surface area (Å²) in [7, 11) is -3.42. The van der Waals surface area contributed by atoms with Gasteiger partial charge >= 0.3 is 0 Å². The van der Waals surface area contributed by atoms with Gasteiger partial charge in [-0.25, -0.2) is 13.4 Å². The smallest absolute Gasteiger partial charge is 0.252 e. The molecule has 0 aromatic carbocycles. The third-order valence-corrected chi connectivity index (χ3v) is 8.33. The number of nitrogens with zero attached hydrogens (tertiary/aromatic N) is 3. The van der Waals surface area contributed by atoms with Crippen molar-refractivity contribution in [1.29, 1.82) is 0 Å². The van der Waals surface area contributed by atoms with Gasteiger partial charge in [-0.15, -0.1) is 11.3 Å². The summed E-state index contributed by atoms with van der Waals surface area (Å²) < 4.78 is 32.6. The van der Waals surface area contributed by atoms with Crippen molar-refractivity contribution in [2.24, 2.45) is 10.4 Å². The zero-order valence-electron chi connectivity index (χ0n) is 16.4. The molecule has 0 aliphatic carbocycles. The third kappa shape index (κ3) is 5.01. The van der Waals surface area contributed by atoms with Gasteiger partial charge in [0.15, 0.2) is 5.96 Å². The first kappa shape index (κ1) is 20.6. The first-order chi connectivity index (χ1) is 12.8. The molecule has 3 rings (SSSR count). The molecule has 152 valence electrons. The molecule has 0 radical (unpaired) electrons. The summed E-state index contributed by atoms with van der Waals surface area (Å²) in [5, 5.41) is 3.36. The summed E-state index contributed by atoms with van der Waals surface area (Å²) in [6.07, 6.45) is 1.15. The lowest BCUT2D eigenvalue weighted by atomic mass is 9.93. The highest BCUT2D eigenvalue weighted by Gasteiger charge is 2.31. The van der Waals surface area contributed by atoms with Gasteiger partial charge in [0.2, 0.25) is 0 Å². The number of sulfonamides is 1. The minimum atomic E-state index is -3.42. The van der Waals surface area contributed by atoms with E-state index in [0.717, 1.165) is 36.9 Å².